The molecule has 1 aliphatic heterocycles. The number of nitrogens with zero attached hydrogens (tertiary/aromatic N) is 5. The third kappa shape index (κ3) is 3.92. The number of aryl methyl sites for hydroxylation is 1. The van der Waals surface area contributed by atoms with Crippen LogP contribution in [0.5, 0.6) is 0 Å². The summed E-state index contributed by atoms with van der Waals surface area (Å²) in [5.74, 6) is 0.408. The number of hydrogen-bond acceptors (Lipinski definition) is 5. The Hall–Kier alpha value is -2.71. The Morgan fingerprint density at radius 3 is 2.77 bits per heavy atom. The zero-order valence-electron chi connectivity index (χ0n) is 14.4. The minimum atomic E-state index is -4.40. The van der Waals surface area contributed by atoms with E-state index in [4.69, 9.17) is 0 Å². The molecule has 1 fully saturated rings. The minimum absolute atomic E-state index is 0.0763. The zero-order valence-corrected chi connectivity index (χ0v) is 14.4. The van der Waals surface area contributed by atoms with Crippen LogP contribution < -0.4 is 4.90 Å². The summed E-state index contributed by atoms with van der Waals surface area (Å²) in [5.41, 5.74) is 1.42. The van der Waals surface area contributed by atoms with E-state index in [0.717, 1.165) is 10.5 Å². The summed E-state index contributed by atoms with van der Waals surface area (Å²) in [4.78, 5) is 27.7. The number of aromatic nitrogens is 3. The molecular weight excluding hydrogens is 347 g/mol. The molecular formula is C17H18F3N5O. The highest BCUT2D eigenvalue weighted by Crippen LogP contribution is 2.26. The van der Waals surface area contributed by atoms with Crippen LogP contribution in [-0.4, -0.2) is 58.1 Å². The maximum atomic E-state index is 12.6. The molecule has 3 heterocycles. The van der Waals surface area contributed by atoms with Crippen LogP contribution >= 0.6 is 0 Å². The lowest BCUT2D eigenvalue weighted by molar-refractivity contribution is -0.157. The molecule has 0 spiro atoms. The van der Waals surface area contributed by atoms with E-state index >= 15 is 0 Å². The highest BCUT2D eigenvalue weighted by Gasteiger charge is 2.41. The quantitative estimate of drug-likeness (QED) is 0.833. The number of halogens is 3. The number of pyridine rings is 1. The second-order valence-electron chi connectivity index (χ2n) is 6.22. The third-order valence-corrected chi connectivity index (χ3v) is 4.23. The summed E-state index contributed by atoms with van der Waals surface area (Å²) >= 11 is 0. The number of carbonyl (C=O) groups excluding carboxylic acids is 1. The fourth-order valence-corrected chi connectivity index (χ4v) is 2.97. The molecule has 6 nitrogen and oxygen atoms in total. The summed E-state index contributed by atoms with van der Waals surface area (Å²) in [6.07, 6.45) is -0.818. The SMILES string of the molecule is Cc1cc(N(C)C2CCN(CC(F)(F)F)C2=O)nc(-c2cccnc2)n1. The summed E-state index contributed by atoms with van der Waals surface area (Å²) in [5, 5.41) is 0. The number of rotatable bonds is 4. The first-order valence-corrected chi connectivity index (χ1v) is 8.09. The highest BCUT2D eigenvalue weighted by molar-refractivity contribution is 5.87. The molecule has 1 atom stereocenters. The van der Waals surface area contributed by atoms with Crippen LogP contribution in [0.25, 0.3) is 11.4 Å². The van der Waals surface area contributed by atoms with Gasteiger partial charge in [0.1, 0.15) is 18.4 Å². The number of amides is 1. The second-order valence-corrected chi connectivity index (χ2v) is 6.22. The molecule has 1 saturated heterocycles. The van der Waals surface area contributed by atoms with Gasteiger partial charge in [-0.15, -0.1) is 0 Å². The molecule has 26 heavy (non-hydrogen) atoms. The van der Waals surface area contributed by atoms with Crippen molar-refractivity contribution in [3.63, 3.8) is 0 Å². The molecule has 1 aliphatic rings. The first-order chi connectivity index (χ1) is 12.2. The fourth-order valence-electron chi connectivity index (χ4n) is 2.97. The van der Waals surface area contributed by atoms with Crippen molar-refractivity contribution in [2.24, 2.45) is 0 Å². The van der Waals surface area contributed by atoms with Gasteiger partial charge >= 0.3 is 6.18 Å². The average Bonchev–Trinajstić information content (AvgIpc) is 2.93. The van der Waals surface area contributed by atoms with E-state index in [1.165, 1.54) is 0 Å². The summed E-state index contributed by atoms with van der Waals surface area (Å²) in [6.45, 7) is 0.651. The molecule has 1 unspecified atom stereocenters. The van der Waals surface area contributed by atoms with Crippen LogP contribution in [0, 0.1) is 6.92 Å². The van der Waals surface area contributed by atoms with Crippen molar-refractivity contribution in [2.45, 2.75) is 25.6 Å². The van der Waals surface area contributed by atoms with Gasteiger partial charge in [0.15, 0.2) is 5.82 Å². The number of alkyl halides is 3. The van der Waals surface area contributed by atoms with Gasteiger partial charge in [0.05, 0.1) is 0 Å². The summed E-state index contributed by atoms with van der Waals surface area (Å²) in [7, 11) is 1.66. The fraction of sp³-hybridized carbons (Fsp3) is 0.412. The Bertz CT molecular complexity index is 797. The summed E-state index contributed by atoms with van der Waals surface area (Å²) < 4.78 is 37.8. The molecule has 1 amide bonds. The Kier molecular flexibility index (Phi) is 4.80. The van der Waals surface area contributed by atoms with E-state index in [-0.39, 0.29) is 6.54 Å². The highest BCUT2D eigenvalue weighted by atomic mass is 19.4. The molecule has 0 aromatic carbocycles. The number of likely N-dealkylation sites (N-methyl/N-ethyl adjacent to an activating group) is 1. The van der Waals surface area contributed by atoms with Crippen molar-refractivity contribution in [3.05, 3.63) is 36.3 Å². The molecule has 0 bridgehead atoms. The molecule has 138 valence electrons. The van der Waals surface area contributed by atoms with Gasteiger partial charge < -0.3 is 9.80 Å². The molecule has 0 N–H and O–H groups in total. The summed E-state index contributed by atoms with van der Waals surface area (Å²) in [6, 6.07) is 4.62. The van der Waals surface area contributed by atoms with Crippen molar-refractivity contribution >= 4 is 11.7 Å². The maximum Gasteiger partial charge on any atom is 0.406 e. The van der Waals surface area contributed by atoms with Crippen molar-refractivity contribution in [1.82, 2.24) is 19.9 Å². The van der Waals surface area contributed by atoms with Crippen molar-refractivity contribution in [2.75, 3.05) is 25.0 Å². The Balaban J connectivity index is 1.83. The van der Waals surface area contributed by atoms with Crippen LogP contribution in [0.2, 0.25) is 0 Å². The first kappa shape index (κ1) is 18.1. The minimum Gasteiger partial charge on any atom is -0.347 e. The number of anilines is 1. The largest absolute Gasteiger partial charge is 0.406 e. The second kappa shape index (κ2) is 6.89. The molecule has 2 aromatic rings. The van der Waals surface area contributed by atoms with Gasteiger partial charge in [-0.3, -0.25) is 9.78 Å². The molecule has 2 aromatic heterocycles. The molecule has 0 radical (unpaired) electrons. The number of hydrogen-bond donors (Lipinski definition) is 0. The molecule has 9 heteroatoms. The lowest BCUT2D eigenvalue weighted by Crippen LogP contribution is -2.43. The van der Waals surface area contributed by atoms with Crippen molar-refractivity contribution in [1.29, 1.82) is 0 Å². The third-order valence-electron chi connectivity index (χ3n) is 4.23. The predicted molar refractivity (Wildman–Crippen MR) is 89.4 cm³/mol. The molecule has 3 rings (SSSR count). The maximum absolute atomic E-state index is 12.6. The monoisotopic (exact) mass is 365 g/mol. The van der Waals surface area contributed by atoms with Gasteiger partial charge in [-0.05, 0) is 25.5 Å². The van der Waals surface area contributed by atoms with E-state index in [2.05, 4.69) is 15.0 Å². The van der Waals surface area contributed by atoms with Gasteiger partial charge in [0, 0.05) is 43.3 Å². The van der Waals surface area contributed by atoms with Gasteiger partial charge in [0.25, 0.3) is 0 Å². The predicted octanol–water partition coefficient (Wildman–Crippen LogP) is 2.45. The molecule has 0 saturated carbocycles. The first-order valence-electron chi connectivity index (χ1n) is 8.09. The van der Waals surface area contributed by atoms with Crippen LogP contribution in [0.15, 0.2) is 30.6 Å². The van der Waals surface area contributed by atoms with E-state index in [0.29, 0.717) is 23.8 Å². The number of likely N-dealkylation sites (tertiary alicyclic amines) is 1. The smallest absolute Gasteiger partial charge is 0.347 e. The normalized spacial score (nSPS) is 17.7. The topological polar surface area (TPSA) is 62.2 Å². The van der Waals surface area contributed by atoms with Gasteiger partial charge in [-0.2, -0.15) is 13.2 Å². The van der Waals surface area contributed by atoms with Crippen molar-refractivity contribution in [3.8, 4) is 11.4 Å². The number of carbonyl (C=O) groups is 1. The molecule has 0 aliphatic carbocycles. The zero-order chi connectivity index (χ0) is 18.9. The Labute approximate surface area is 148 Å². The lowest BCUT2D eigenvalue weighted by atomic mass is 10.2. The average molecular weight is 365 g/mol. The standard InChI is InChI=1S/C17H18F3N5O/c1-11-8-14(23-15(22-11)12-4-3-6-21-9-12)24(2)13-5-7-25(16(13)26)10-17(18,19)20/h3-4,6,8-9,13H,5,7,10H2,1-2H3. The Morgan fingerprint density at radius 2 is 2.12 bits per heavy atom. The van der Waals surface area contributed by atoms with Gasteiger partial charge in [-0.1, -0.05) is 0 Å². The van der Waals surface area contributed by atoms with Gasteiger partial charge in [-0.25, -0.2) is 9.97 Å². The van der Waals surface area contributed by atoms with Gasteiger partial charge in [0.2, 0.25) is 5.91 Å². The van der Waals surface area contributed by atoms with E-state index in [1.54, 1.807) is 43.4 Å². The van der Waals surface area contributed by atoms with Crippen LogP contribution in [0.3, 0.4) is 0 Å². The van der Waals surface area contributed by atoms with E-state index in [1.807, 2.05) is 6.07 Å². The van der Waals surface area contributed by atoms with E-state index in [9.17, 15) is 18.0 Å². The Morgan fingerprint density at radius 1 is 1.35 bits per heavy atom. The van der Waals surface area contributed by atoms with Crippen LogP contribution in [0.4, 0.5) is 19.0 Å². The lowest BCUT2D eigenvalue weighted by Gasteiger charge is -2.25. The van der Waals surface area contributed by atoms with Crippen LogP contribution in [0.1, 0.15) is 12.1 Å². The van der Waals surface area contributed by atoms with Crippen LogP contribution in [-0.2, 0) is 4.79 Å². The van der Waals surface area contributed by atoms with Crippen molar-refractivity contribution < 1.29 is 18.0 Å². The van der Waals surface area contributed by atoms with E-state index < -0.39 is 24.7 Å².